The van der Waals surface area contributed by atoms with E-state index in [1.165, 1.54) is 6.92 Å². The molecule has 10 heteroatoms. The molecular weight excluding hydrogens is 419 g/mol. The number of aromatic nitrogens is 4. The van der Waals surface area contributed by atoms with Crippen LogP contribution in [0.15, 0.2) is 36.8 Å². The number of alkyl halides is 3. The number of rotatable bonds is 6. The molecule has 3 rings (SSSR count). The Morgan fingerprint density at radius 2 is 1.77 bits per heavy atom. The summed E-state index contributed by atoms with van der Waals surface area (Å²) in [6.07, 6.45) is 0.175. The van der Waals surface area contributed by atoms with Gasteiger partial charge in [-0.1, -0.05) is 11.6 Å². The van der Waals surface area contributed by atoms with Crippen molar-refractivity contribution in [3.8, 4) is 17.3 Å². The summed E-state index contributed by atoms with van der Waals surface area (Å²) in [7, 11) is 0. The second kappa shape index (κ2) is 8.83. The number of nitrogens with zero attached hydrogens (tertiary/aromatic N) is 4. The highest BCUT2D eigenvalue weighted by atomic mass is 35.5. The fourth-order valence-electron chi connectivity index (χ4n) is 2.57. The van der Waals surface area contributed by atoms with Crippen molar-refractivity contribution in [1.82, 2.24) is 19.9 Å². The third-order valence-electron chi connectivity index (χ3n) is 3.86. The fourth-order valence-corrected chi connectivity index (χ4v) is 2.78. The van der Waals surface area contributed by atoms with Gasteiger partial charge in [-0.05, 0) is 39.0 Å². The van der Waals surface area contributed by atoms with Gasteiger partial charge in [0, 0.05) is 47.6 Å². The molecule has 0 amide bonds. The molecular formula is C20H19ClF3N5O. The molecule has 0 aliphatic rings. The van der Waals surface area contributed by atoms with E-state index in [-0.39, 0.29) is 18.3 Å². The Hall–Kier alpha value is -2.94. The minimum Gasteiger partial charge on any atom is -0.474 e. The summed E-state index contributed by atoms with van der Waals surface area (Å²) in [5.41, 5.74) is 0.963. The van der Waals surface area contributed by atoms with Gasteiger partial charge in [0.25, 0.3) is 0 Å². The monoisotopic (exact) mass is 437 g/mol. The number of halogens is 4. The molecule has 3 heterocycles. The van der Waals surface area contributed by atoms with E-state index in [4.69, 9.17) is 16.3 Å². The van der Waals surface area contributed by atoms with Crippen LogP contribution in [0.2, 0.25) is 5.02 Å². The lowest BCUT2D eigenvalue weighted by atomic mass is 10.2. The molecule has 0 fully saturated rings. The van der Waals surface area contributed by atoms with E-state index in [2.05, 4.69) is 25.3 Å². The van der Waals surface area contributed by atoms with Crippen LogP contribution in [0.5, 0.6) is 5.88 Å². The van der Waals surface area contributed by atoms with Crippen LogP contribution in [-0.2, 0) is 12.7 Å². The highest BCUT2D eigenvalue weighted by molar-refractivity contribution is 6.32. The molecule has 0 saturated carbocycles. The van der Waals surface area contributed by atoms with E-state index in [1.54, 1.807) is 30.7 Å². The summed E-state index contributed by atoms with van der Waals surface area (Å²) < 4.78 is 44.2. The topological polar surface area (TPSA) is 72.8 Å². The Bertz CT molecular complexity index is 1030. The standard InChI is InChI=1S/C20H19ClF3N5O/c1-11(2)30-19-16(21)5-14(10-28-19)18-26-8-13(9-27-18)7-25-15-4-12(3)29-17(6-15)20(22,23)24/h4-6,8-11H,7H2,1-3H3,(H,25,29). The summed E-state index contributed by atoms with van der Waals surface area (Å²) in [6, 6.07) is 4.17. The Balaban J connectivity index is 1.70. The Kier molecular flexibility index (Phi) is 6.40. The second-order valence-corrected chi connectivity index (χ2v) is 7.23. The minimum absolute atomic E-state index is 0.0553. The summed E-state index contributed by atoms with van der Waals surface area (Å²) >= 11 is 6.19. The van der Waals surface area contributed by atoms with Crippen molar-refractivity contribution >= 4 is 17.3 Å². The quantitative estimate of drug-likeness (QED) is 0.563. The smallest absolute Gasteiger partial charge is 0.433 e. The van der Waals surface area contributed by atoms with Gasteiger partial charge in [0.05, 0.1) is 6.10 Å². The molecule has 0 radical (unpaired) electrons. The zero-order chi connectivity index (χ0) is 21.9. The summed E-state index contributed by atoms with van der Waals surface area (Å²) in [4.78, 5) is 16.3. The van der Waals surface area contributed by atoms with E-state index < -0.39 is 11.9 Å². The molecule has 0 saturated heterocycles. The number of hydrogen-bond donors (Lipinski definition) is 1. The van der Waals surface area contributed by atoms with Crippen LogP contribution in [0.25, 0.3) is 11.4 Å². The number of pyridine rings is 2. The molecule has 6 nitrogen and oxygen atoms in total. The zero-order valence-corrected chi connectivity index (χ0v) is 17.2. The van der Waals surface area contributed by atoms with Gasteiger partial charge in [0.2, 0.25) is 5.88 Å². The van der Waals surface area contributed by atoms with Crippen molar-refractivity contribution in [1.29, 1.82) is 0 Å². The van der Waals surface area contributed by atoms with Crippen molar-refractivity contribution in [2.75, 3.05) is 5.32 Å². The first-order valence-electron chi connectivity index (χ1n) is 9.05. The predicted molar refractivity (Wildman–Crippen MR) is 107 cm³/mol. The van der Waals surface area contributed by atoms with Crippen LogP contribution >= 0.6 is 11.6 Å². The average molecular weight is 438 g/mol. The minimum atomic E-state index is -4.50. The van der Waals surface area contributed by atoms with Gasteiger partial charge in [-0.2, -0.15) is 13.2 Å². The van der Waals surface area contributed by atoms with E-state index >= 15 is 0 Å². The van der Waals surface area contributed by atoms with Gasteiger partial charge in [0.1, 0.15) is 10.7 Å². The van der Waals surface area contributed by atoms with Gasteiger partial charge < -0.3 is 10.1 Å². The van der Waals surface area contributed by atoms with Crippen molar-refractivity contribution in [3.63, 3.8) is 0 Å². The number of ether oxygens (including phenoxy) is 1. The molecule has 0 unspecified atom stereocenters. The van der Waals surface area contributed by atoms with Crippen molar-refractivity contribution < 1.29 is 17.9 Å². The molecule has 0 spiro atoms. The SMILES string of the molecule is Cc1cc(NCc2cnc(-c3cnc(OC(C)C)c(Cl)c3)nc2)cc(C(F)(F)F)n1. The normalized spacial score (nSPS) is 11.6. The third-order valence-corrected chi connectivity index (χ3v) is 4.13. The molecule has 0 atom stereocenters. The van der Waals surface area contributed by atoms with Crippen LogP contribution in [0.1, 0.15) is 30.8 Å². The van der Waals surface area contributed by atoms with Gasteiger partial charge in [0.15, 0.2) is 5.82 Å². The first-order chi connectivity index (χ1) is 14.1. The predicted octanol–water partition coefficient (Wildman–Crippen LogP) is 5.31. The van der Waals surface area contributed by atoms with E-state index in [0.717, 1.165) is 6.07 Å². The summed E-state index contributed by atoms with van der Waals surface area (Å²) in [5.74, 6) is 0.755. The average Bonchev–Trinajstić information content (AvgIpc) is 2.67. The molecule has 0 aromatic carbocycles. The number of anilines is 1. The molecule has 0 aliphatic heterocycles. The molecule has 3 aromatic heterocycles. The lowest BCUT2D eigenvalue weighted by molar-refractivity contribution is -0.141. The molecule has 3 aromatic rings. The van der Waals surface area contributed by atoms with Gasteiger partial charge in [-0.15, -0.1) is 0 Å². The fraction of sp³-hybridized carbons (Fsp3) is 0.300. The maximum atomic E-state index is 12.9. The van der Waals surface area contributed by atoms with Crippen molar-refractivity contribution in [2.24, 2.45) is 0 Å². The van der Waals surface area contributed by atoms with Gasteiger partial charge in [-0.3, -0.25) is 0 Å². The van der Waals surface area contributed by atoms with Gasteiger partial charge in [-0.25, -0.2) is 19.9 Å². The Morgan fingerprint density at radius 3 is 2.37 bits per heavy atom. The molecule has 30 heavy (non-hydrogen) atoms. The second-order valence-electron chi connectivity index (χ2n) is 6.83. The van der Waals surface area contributed by atoms with Crippen molar-refractivity contribution in [2.45, 2.75) is 39.6 Å². The maximum absolute atomic E-state index is 12.9. The zero-order valence-electron chi connectivity index (χ0n) is 16.5. The lowest BCUT2D eigenvalue weighted by Crippen LogP contribution is -2.10. The molecule has 158 valence electrons. The highest BCUT2D eigenvalue weighted by Crippen LogP contribution is 2.30. The number of hydrogen-bond acceptors (Lipinski definition) is 6. The third kappa shape index (κ3) is 5.56. The highest BCUT2D eigenvalue weighted by Gasteiger charge is 2.32. The van der Waals surface area contributed by atoms with Crippen LogP contribution in [0.3, 0.4) is 0 Å². The summed E-state index contributed by atoms with van der Waals surface area (Å²) in [6.45, 7) is 5.51. The molecule has 0 aliphatic carbocycles. The van der Waals surface area contributed by atoms with E-state index in [1.807, 2.05) is 13.8 Å². The van der Waals surface area contributed by atoms with Crippen molar-refractivity contribution in [3.05, 3.63) is 58.8 Å². The maximum Gasteiger partial charge on any atom is 0.433 e. The largest absolute Gasteiger partial charge is 0.474 e. The summed E-state index contributed by atoms with van der Waals surface area (Å²) in [5, 5.41) is 3.29. The Labute approximate surface area is 176 Å². The van der Waals surface area contributed by atoms with Gasteiger partial charge >= 0.3 is 6.18 Å². The molecule has 0 bridgehead atoms. The lowest BCUT2D eigenvalue weighted by Gasteiger charge is -2.12. The Morgan fingerprint density at radius 1 is 1.07 bits per heavy atom. The molecule has 1 N–H and O–H groups in total. The van der Waals surface area contributed by atoms with E-state index in [0.29, 0.717) is 33.5 Å². The number of nitrogens with one attached hydrogen (secondary N) is 1. The van der Waals surface area contributed by atoms with Crippen LogP contribution < -0.4 is 10.1 Å². The van der Waals surface area contributed by atoms with E-state index in [9.17, 15) is 13.2 Å². The van der Waals surface area contributed by atoms with Crippen LogP contribution in [0, 0.1) is 6.92 Å². The first kappa shape index (κ1) is 21.8. The first-order valence-corrected chi connectivity index (χ1v) is 9.43. The number of aryl methyl sites for hydroxylation is 1. The van der Waals surface area contributed by atoms with Crippen LogP contribution in [0.4, 0.5) is 18.9 Å². The van der Waals surface area contributed by atoms with Crippen LogP contribution in [-0.4, -0.2) is 26.0 Å².